The fourth-order valence-electron chi connectivity index (χ4n) is 5.17. The molecule has 2 N–H and O–H groups in total. The number of H-pyrrole nitrogens is 1. The fourth-order valence-corrected chi connectivity index (χ4v) is 5.41. The van der Waals surface area contributed by atoms with Crippen LogP contribution in [0.1, 0.15) is 37.7 Å². The molecule has 1 saturated heterocycles. The summed E-state index contributed by atoms with van der Waals surface area (Å²) in [5.41, 5.74) is 3.28. The van der Waals surface area contributed by atoms with Crippen molar-refractivity contribution in [3.05, 3.63) is 65.4 Å². The first-order valence-corrected chi connectivity index (χ1v) is 14.3. The highest BCUT2D eigenvalue weighted by Crippen LogP contribution is 2.35. The number of carbonyl (C=O) groups excluding carboxylic acids is 1. The number of ketones is 1. The van der Waals surface area contributed by atoms with Crippen LogP contribution in [0.15, 0.2) is 54.9 Å². The van der Waals surface area contributed by atoms with Gasteiger partial charge in [0.25, 0.3) is 0 Å². The average Bonchev–Trinajstić information content (AvgIpc) is 3.41. The normalized spacial score (nSPS) is 16.4. The van der Waals surface area contributed by atoms with E-state index < -0.39 is 6.10 Å². The average molecular weight is 561 g/mol. The Hall–Kier alpha value is -3.46. The van der Waals surface area contributed by atoms with Gasteiger partial charge >= 0.3 is 0 Å². The predicted octanol–water partition coefficient (Wildman–Crippen LogP) is 5.82. The molecule has 8 nitrogen and oxygen atoms in total. The van der Waals surface area contributed by atoms with Gasteiger partial charge in [0.15, 0.2) is 0 Å². The Morgan fingerprint density at radius 2 is 1.85 bits per heavy atom. The van der Waals surface area contributed by atoms with Gasteiger partial charge in [0, 0.05) is 30.1 Å². The van der Waals surface area contributed by atoms with E-state index in [2.05, 4.69) is 19.9 Å². The molecule has 2 fully saturated rings. The lowest BCUT2D eigenvalue weighted by molar-refractivity contribution is -0.118. The quantitative estimate of drug-likeness (QED) is 0.225. The summed E-state index contributed by atoms with van der Waals surface area (Å²) in [4.78, 5) is 26.6. The Bertz CT molecular complexity index is 1480. The summed E-state index contributed by atoms with van der Waals surface area (Å²) in [6.07, 6.45) is 6.64. The molecule has 2 aliphatic rings. The van der Waals surface area contributed by atoms with Gasteiger partial charge in [-0.1, -0.05) is 17.7 Å². The first-order valence-electron chi connectivity index (χ1n) is 14.0. The van der Waals surface area contributed by atoms with Crippen molar-refractivity contribution in [2.45, 2.75) is 44.6 Å². The molecule has 4 aromatic rings. The van der Waals surface area contributed by atoms with Gasteiger partial charge < -0.3 is 24.5 Å². The number of fused-ring (bicyclic) bond motifs is 1. The number of β-amino-alcohol motifs (C(OH)–C–C–N with tert-alkyl or cyclic N) is 1. The van der Waals surface area contributed by atoms with Crippen molar-refractivity contribution in [3.63, 3.8) is 0 Å². The number of likely N-dealkylation sites (tertiary alicyclic amines) is 1. The van der Waals surface area contributed by atoms with Crippen molar-refractivity contribution in [1.29, 1.82) is 0 Å². The highest BCUT2D eigenvalue weighted by molar-refractivity contribution is 6.31. The van der Waals surface area contributed by atoms with E-state index in [9.17, 15) is 9.90 Å². The van der Waals surface area contributed by atoms with Crippen LogP contribution in [0.2, 0.25) is 5.02 Å². The third kappa shape index (κ3) is 6.63. The van der Waals surface area contributed by atoms with E-state index >= 15 is 0 Å². The predicted molar refractivity (Wildman–Crippen MR) is 154 cm³/mol. The summed E-state index contributed by atoms with van der Waals surface area (Å²) in [6, 6.07) is 15.0. The van der Waals surface area contributed by atoms with Gasteiger partial charge in [0.05, 0.1) is 5.39 Å². The molecule has 3 heterocycles. The minimum absolute atomic E-state index is 0.227. The van der Waals surface area contributed by atoms with E-state index in [0.29, 0.717) is 53.4 Å². The zero-order chi connectivity index (χ0) is 27.5. The maximum atomic E-state index is 12.3. The van der Waals surface area contributed by atoms with Gasteiger partial charge in [0.1, 0.15) is 42.0 Å². The molecule has 6 rings (SSSR count). The Labute approximate surface area is 238 Å². The molecule has 0 spiro atoms. The highest BCUT2D eigenvalue weighted by Gasteiger charge is 2.24. The van der Waals surface area contributed by atoms with E-state index in [4.69, 9.17) is 21.1 Å². The molecule has 1 atom stereocenters. The lowest BCUT2D eigenvalue weighted by Gasteiger charge is -2.19. The Morgan fingerprint density at radius 3 is 2.60 bits per heavy atom. The summed E-state index contributed by atoms with van der Waals surface area (Å²) in [5.74, 6) is 2.45. The van der Waals surface area contributed by atoms with E-state index in [1.807, 2.05) is 42.5 Å². The van der Waals surface area contributed by atoms with E-state index in [0.717, 1.165) is 48.1 Å². The van der Waals surface area contributed by atoms with Gasteiger partial charge in [-0.15, -0.1) is 0 Å². The summed E-state index contributed by atoms with van der Waals surface area (Å²) in [7, 11) is 0. The van der Waals surface area contributed by atoms with Crippen molar-refractivity contribution < 1.29 is 19.4 Å². The molecule has 9 heteroatoms. The fraction of sp³-hybridized carbons (Fsp3) is 0.387. The lowest BCUT2D eigenvalue weighted by atomic mass is 10.0. The second-order valence-electron chi connectivity index (χ2n) is 10.8. The number of hydrogen-bond donors (Lipinski definition) is 2. The number of rotatable bonds is 12. The zero-order valence-corrected chi connectivity index (χ0v) is 23.1. The maximum Gasteiger partial charge on any atom is 0.231 e. The number of carbonyl (C=O) groups is 1. The minimum Gasteiger partial charge on any atom is -0.491 e. The SMILES string of the molecule is O=C(Cc1ccc(Oc2ncnc3[nH]c(-c4ccc(OC[C@@H](O)CN5CCCC5)cc4)cc23)cc1Cl)CC1CC1. The van der Waals surface area contributed by atoms with Crippen LogP contribution in [-0.2, 0) is 11.2 Å². The third-order valence-electron chi connectivity index (χ3n) is 7.50. The summed E-state index contributed by atoms with van der Waals surface area (Å²) < 4.78 is 11.9. The molecule has 0 amide bonds. The summed E-state index contributed by atoms with van der Waals surface area (Å²) in [6.45, 7) is 3.01. The number of benzene rings is 2. The Kier molecular flexibility index (Phi) is 8.00. The number of Topliss-reactive ketones (excluding diaryl/α,β-unsaturated/α-hetero) is 1. The van der Waals surface area contributed by atoms with Crippen molar-refractivity contribution in [2.75, 3.05) is 26.2 Å². The molecule has 0 radical (unpaired) electrons. The number of aliphatic hydroxyl groups excluding tert-OH is 1. The topological polar surface area (TPSA) is 101 Å². The van der Waals surface area contributed by atoms with Crippen LogP contribution in [0, 0.1) is 5.92 Å². The van der Waals surface area contributed by atoms with Crippen molar-refractivity contribution in [1.82, 2.24) is 19.9 Å². The van der Waals surface area contributed by atoms with Crippen LogP contribution in [0.3, 0.4) is 0 Å². The van der Waals surface area contributed by atoms with Gasteiger partial charge in [0.2, 0.25) is 5.88 Å². The molecular formula is C31H33ClN4O4. The van der Waals surface area contributed by atoms with Crippen molar-refractivity contribution in [2.24, 2.45) is 5.92 Å². The molecule has 40 heavy (non-hydrogen) atoms. The molecule has 0 unspecified atom stereocenters. The number of aliphatic hydroxyl groups is 1. The first kappa shape index (κ1) is 26.7. The second kappa shape index (κ2) is 12.0. The van der Waals surface area contributed by atoms with Crippen LogP contribution in [0.4, 0.5) is 0 Å². The summed E-state index contributed by atoms with van der Waals surface area (Å²) in [5, 5.41) is 11.5. The number of aromatic amines is 1. The van der Waals surface area contributed by atoms with Crippen molar-refractivity contribution >= 4 is 28.4 Å². The molecule has 208 valence electrons. The van der Waals surface area contributed by atoms with Crippen LogP contribution < -0.4 is 9.47 Å². The van der Waals surface area contributed by atoms with Crippen LogP contribution in [-0.4, -0.2) is 63.1 Å². The van der Waals surface area contributed by atoms with Crippen LogP contribution in [0.5, 0.6) is 17.4 Å². The number of nitrogens with zero attached hydrogens (tertiary/aromatic N) is 3. The second-order valence-corrected chi connectivity index (χ2v) is 11.2. The van der Waals surface area contributed by atoms with Crippen LogP contribution >= 0.6 is 11.6 Å². The molecule has 1 aliphatic heterocycles. The highest BCUT2D eigenvalue weighted by atomic mass is 35.5. The van der Waals surface area contributed by atoms with E-state index in [1.165, 1.54) is 19.2 Å². The molecule has 2 aromatic carbocycles. The van der Waals surface area contributed by atoms with Gasteiger partial charge in [-0.25, -0.2) is 9.97 Å². The standard InChI is InChI=1S/C31H33ClN4O4/c32-28-15-26(10-7-22(28)14-23(37)13-20-3-4-20)40-31-27-16-29(35-30(27)33-19-34-31)21-5-8-25(9-6-21)39-18-24(38)17-36-11-1-2-12-36/h5-10,15-16,19-20,24,38H,1-4,11-14,17-18H2,(H,33,34,35)/t24-/m0/s1. The minimum atomic E-state index is -0.510. The lowest BCUT2D eigenvalue weighted by Crippen LogP contribution is -2.33. The maximum absolute atomic E-state index is 12.3. The largest absolute Gasteiger partial charge is 0.491 e. The molecular weight excluding hydrogens is 528 g/mol. The van der Waals surface area contributed by atoms with Gasteiger partial charge in [-0.05, 0) is 98.3 Å². The number of hydrogen-bond acceptors (Lipinski definition) is 7. The molecule has 1 saturated carbocycles. The monoisotopic (exact) mass is 560 g/mol. The zero-order valence-electron chi connectivity index (χ0n) is 22.3. The molecule has 2 aromatic heterocycles. The summed E-state index contributed by atoms with van der Waals surface area (Å²) >= 11 is 6.49. The Balaban J connectivity index is 1.10. The van der Waals surface area contributed by atoms with E-state index in [-0.39, 0.29) is 12.4 Å². The number of nitrogens with one attached hydrogen (secondary N) is 1. The smallest absolute Gasteiger partial charge is 0.231 e. The van der Waals surface area contributed by atoms with Gasteiger partial charge in [-0.2, -0.15) is 0 Å². The molecule has 1 aliphatic carbocycles. The van der Waals surface area contributed by atoms with Gasteiger partial charge in [-0.3, -0.25) is 4.79 Å². The number of halogens is 1. The third-order valence-corrected chi connectivity index (χ3v) is 7.86. The van der Waals surface area contributed by atoms with E-state index in [1.54, 1.807) is 6.07 Å². The van der Waals surface area contributed by atoms with Crippen molar-refractivity contribution in [3.8, 4) is 28.6 Å². The first-order chi connectivity index (χ1) is 19.5. The molecule has 0 bridgehead atoms. The van der Waals surface area contributed by atoms with Crippen LogP contribution in [0.25, 0.3) is 22.3 Å². The Morgan fingerprint density at radius 1 is 1.07 bits per heavy atom. The number of aromatic nitrogens is 3. The number of ether oxygens (including phenoxy) is 2.